The van der Waals surface area contributed by atoms with Crippen LogP contribution in [0.4, 0.5) is 0 Å². The molecule has 0 unspecified atom stereocenters. The Labute approximate surface area is 91.9 Å². The highest BCUT2D eigenvalue weighted by Gasteiger charge is 2.27. The molecule has 0 saturated heterocycles. The highest BCUT2D eigenvalue weighted by Crippen LogP contribution is 2.36. The molecule has 3 nitrogen and oxygen atoms in total. The van der Waals surface area contributed by atoms with Crippen molar-refractivity contribution in [3.63, 3.8) is 0 Å². The van der Waals surface area contributed by atoms with Gasteiger partial charge in [0.05, 0.1) is 6.20 Å². The molecule has 1 saturated carbocycles. The fourth-order valence-corrected chi connectivity index (χ4v) is 2.48. The van der Waals surface area contributed by atoms with Crippen molar-refractivity contribution in [2.75, 3.05) is 6.54 Å². The Hall–Kier alpha value is -0.830. The normalized spacial score (nSPS) is 19.6. The van der Waals surface area contributed by atoms with Gasteiger partial charge in [-0.2, -0.15) is 5.10 Å². The number of hydrogen-bond donors (Lipinski definition) is 1. The summed E-state index contributed by atoms with van der Waals surface area (Å²) in [5.74, 6) is 0. The molecule has 0 spiro atoms. The zero-order valence-electron chi connectivity index (χ0n) is 9.79. The van der Waals surface area contributed by atoms with E-state index in [-0.39, 0.29) is 0 Å². The first-order chi connectivity index (χ1) is 7.18. The summed E-state index contributed by atoms with van der Waals surface area (Å²) in [6, 6.07) is 0. The SMILES string of the molecule is Cn1cc(CNCC2(C)CCCC2)cn1. The first-order valence-corrected chi connectivity index (χ1v) is 5.86. The molecule has 0 aromatic carbocycles. The maximum atomic E-state index is 4.16. The molecule has 1 aliphatic carbocycles. The third-order valence-corrected chi connectivity index (χ3v) is 3.45. The molecule has 0 atom stereocenters. The van der Waals surface area contributed by atoms with Crippen molar-refractivity contribution in [1.82, 2.24) is 15.1 Å². The molecule has 1 aliphatic rings. The average molecular weight is 207 g/mol. The van der Waals surface area contributed by atoms with Gasteiger partial charge in [0.1, 0.15) is 0 Å². The van der Waals surface area contributed by atoms with Crippen LogP contribution in [0.25, 0.3) is 0 Å². The van der Waals surface area contributed by atoms with Gasteiger partial charge < -0.3 is 5.32 Å². The molecule has 15 heavy (non-hydrogen) atoms. The Morgan fingerprint density at radius 3 is 2.80 bits per heavy atom. The molecule has 2 rings (SSSR count). The van der Waals surface area contributed by atoms with Crippen molar-refractivity contribution in [2.45, 2.75) is 39.2 Å². The molecular weight excluding hydrogens is 186 g/mol. The van der Waals surface area contributed by atoms with Gasteiger partial charge in [-0.05, 0) is 18.3 Å². The standard InChI is InChI=1S/C12H21N3/c1-12(5-3-4-6-12)10-13-7-11-8-14-15(2)9-11/h8-9,13H,3-7,10H2,1-2H3. The number of nitrogens with zero attached hydrogens (tertiary/aromatic N) is 2. The van der Waals surface area contributed by atoms with Gasteiger partial charge in [-0.15, -0.1) is 0 Å². The predicted molar refractivity (Wildman–Crippen MR) is 61.5 cm³/mol. The molecule has 1 aromatic heterocycles. The van der Waals surface area contributed by atoms with Crippen LogP contribution in [-0.4, -0.2) is 16.3 Å². The molecule has 0 radical (unpaired) electrons. The van der Waals surface area contributed by atoms with Crippen LogP contribution in [0.15, 0.2) is 12.4 Å². The second-order valence-electron chi connectivity index (χ2n) is 5.14. The Kier molecular flexibility index (Phi) is 3.10. The summed E-state index contributed by atoms with van der Waals surface area (Å²) in [6.07, 6.45) is 9.59. The summed E-state index contributed by atoms with van der Waals surface area (Å²) in [7, 11) is 1.96. The molecule has 1 heterocycles. The molecule has 1 aromatic rings. The lowest BCUT2D eigenvalue weighted by atomic mass is 9.89. The van der Waals surface area contributed by atoms with Crippen molar-refractivity contribution in [3.8, 4) is 0 Å². The summed E-state index contributed by atoms with van der Waals surface area (Å²) < 4.78 is 1.86. The molecular formula is C12H21N3. The van der Waals surface area contributed by atoms with Gasteiger partial charge in [-0.3, -0.25) is 4.68 Å². The van der Waals surface area contributed by atoms with Gasteiger partial charge in [-0.25, -0.2) is 0 Å². The quantitative estimate of drug-likeness (QED) is 0.819. The molecule has 0 aliphatic heterocycles. The second kappa shape index (κ2) is 4.35. The molecule has 1 N–H and O–H groups in total. The fourth-order valence-electron chi connectivity index (χ4n) is 2.48. The Morgan fingerprint density at radius 2 is 2.20 bits per heavy atom. The van der Waals surface area contributed by atoms with Crippen molar-refractivity contribution < 1.29 is 0 Å². The van der Waals surface area contributed by atoms with Crippen LogP contribution in [-0.2, 0) is 13.6 Å². The molecule has 0 bridgehead atoms. The van der Waals surface area contributed by atoms with Crippen LogP contribution in [0.5, 0.6) is 0 Å². The van der Waals surface area contributed by atoms with Gasteiger partial charge in [0, 0.05) is 31.9 Å². The Balaban J connectivity index is 1.75. The maximum absolute atomic E-state index is 4.16. The largest absolute Gasteiger partial charge is 0.312 e. The minimum atomic E-state index is 0.544. The van der Waals surface area contributed by atoms with Crippen LogP contribution >= 0.6 is 0 Å². The summed E-state index contributed by atoms with van der Waals surface area (Å²) in [5.41, 5.74) is 1.82. The second-order valence-corrected chi connectivity index (χ2v) is 5.14. The summed E-state index contributed by atoms with van der Waals surface area (Å²) >= 11 is 0. The van der Waals surface area contributed by atoms with Gasteiger partial charge in [-0.1, -0.05) is 19.8 Å². The zero-order valence-corrected chi connectivity index (χ0v) is 9.79. The molecule has 3 heteroatoms. The zero-order chi connectivity index (χ0) is 10.7. The number of nitrogens with one attached hydrogen (secondary N) is 1. The minimum Gasteiger partial charge on any atom is -0.312 e. The molecule has 0 amide bonds. The molecule has 1 fully saturated rings. The van der Waals surface area contributed by atoms with Gasteiger partial charge in [0.15, 0.2) is 0 Å². The number of aromatic nitrogens is 2. The monoisotopic (exact) mass is 207 g/mol. The Bertz CT molecular complexity index is 310. The van der Waals surface area contributed by atoms with E-state index < -0.39 is 0 Å². The van der Waals surface area contributed by atoms with Crippen LogP contribution in [0.2, 0.25) is 0 Å². The lowest BCUT2D eigenvalue weighted by Crippen LogP contribution is -2.29. The Morgan fingerprint density at radius 1 is 1.47 bits per heavy atom. The summed E-state index contributed by atoms with van der Waals surface area (Å²) in [5, 5.41) is 7.71. The number of rotatable bonds is 4. The van der Waals surface area contributed by atoms with Crippen molar-refractivity contribution in [1.29, 1.82) is 0 Å². The highest BCUT2D eigenvalue weighted by molar-refractivity contribution is 5.03. The topological polar surface area (TPSA) is 29.9 Å². The first-order valence-electron chi connectivity index (χ1n) is 5.86. The van der Waals surface area contributed by atoms with Gasteiger partial charge in [0.2, 0.25) is 0 Å². The molecule has 84 valence electrons. The minimum absolute atomic E-state index is 0.544. The van der Waals surface area contributed by atoms with Crippen LogP contribution < -0.4 is 5.32 Å². The highest BCUT2D eigenvalue weighted by atomic mass is 15.2. The summed E-state index contributed by atoms with van der Waals surface area (Å²) in [6.45, 7) is 4.49. The predicted octanol–water partition coefficient (Wildman–Crippen LogP) is 2.09. The number of hydrogen-bond acceptors (Lipinski definition) is 2. The lowest BCUT2D eigenvalue weighted by Gasteiger charge is -2.23. The first kappa shape index (κ1) is 10.7. The fraction of sp³-hybridized carbons (Fsp3) is 0.750. The van der Waals surface area contributed by atoms with E-state index >= 15 is 0 Å². The number of aryl methyl sites for hydroxylation is 1. The van der Waals surface area contributed by atoms with E-state index in [1.165, 1.54) is 31.2 Å². The van der Waals surface area contributed by atoms with E-state index in [4.69, 9.17) is 0 Å². The van der Waals surface area contributed by atoms with E-state index in [1.54, 1.807) is 0 Å². The third kappa shape index (κ3) is 2.81. The van der Waals surface area contributed by atoms with E-state index in [9.17, 15) is 0 Å². The van der Waals surface area contributed by atoms with Crippen molar-refractivity contribution >= 4 is 0 Å². The van der Waals surface area contributed by atoms with Gasteiger partial charge in [0.25, 0.3) is 0 Å². The lowest BCUT2D eigenvalue weighted by molar-refractivity contribution is 0.314. The van der Waals surface area contributed by atoms with E-state index in [2.05, 4.69) is 23.5 Å². The average Bonchev–Trinajstić information content (AvgIpc) is 2.76. The smallest absolute Gasteiger partial charge is 0.0534 e. The van der Waals surface area contributed by atoms with Crippen LogP contribution in [0, 0.1) is 5.41 Å². The summed E-state index contributed by atoms with van der Waals surface area (Å²) in [4.78, 5) is 0. The van der Waals surface area contributed by atoms with Crippen molar-refractivity contribution in [2.24, 2.45) is 12.5 Å². The van der Waals surface area contributed by atoms with Crippen molar-refractivity contribution in [3.05, 3.63) is 18.0 Å². The van der Waals surface area contributed by atoms with E-state index in [1.807, 2.05) is 17.9 Å². The van der Waals surface area contributed by atoms with E-state index in [0.717, 1.165) is 13.1 Å². The van der Waals surface area contributed by atoms with Crippen LogP contribution in [0.3, 0.4) is 0 Å². The maximum Gasteiger partial charge on any atom is 0.0534 e. The van der Waals surface area contributed by atoms with Crippen LogP contribution in [0.1, 0.15) is 38.2 Å². The van der Waals surface area contributed by atoms with Gasteiger partial charge >= 0.3 is 0 Å². The third-order valence-electron chi connectivity index (χ3n) is 3.45. The van der Waals surface area contributed by atoms with E-state index in [0.29, 0.717) is 5.41 Å².